The summed E-state index contributed by atoms with van der Waals surface area (Å²) in [6.07, 6.45) is 3.00. The number of hydrogen-bond donors (Lipinski definition) is 1. The molecule has 1 N–H and O–H groups in total. The summed E-state index contributed by atoms with van der Waals surface area (Å²) in [5.41, 5.74) is 3.52. The van der Waals surface area contributed by atoms with Crippen LogP contribution < -0.4 is 0 Å². The number of carboxylic acid groups (broad SMARTS) is 1. The normalized spacial score (nSPS) is 13.2. The number of carbonyl (C=O) groups is 1. The first-order valence-electron chi connectivity index (χ1n) is 7.91. The highest BCUT2D eigenvalue weighted by atomic mass is 79.9. The van der Waals surface area contributed by atoms with E-state index in [2.05, 4.69) is 26.1 Å². The van der Waals surface area contributed by atoms with E-state index in [0.717, 1.165) is 46.5 Å². The molecule has 2 heterocycles. The van der Waals surface area contributed by atoms with E-state index in [0.29, 0.717) is 9.89 Å². The summed E-state index contributed by atoms with van der Waals surface area (Å²) in [6, 6.07) is 6.54. The van der Waals surface area contributed by atoms with Crippen molar-refractivity contribution < 1.29 is 14.3 Å². The molecular weight excluding hydrogens is 441 g/mol. The van der Waals surface area contributed by atoms with Crippen LogP contribution in [0.4, 0.5) is 4.39 Å². The van der Waals surface area contributed by atoms with Crippen LogP contribution in [-0.4, -0.2) is 31.6 Å². The predicted molar refractivity (Wildman–Crippen MR) is 103 cm³/mol. The Hall–Kier alpha value is -1.71. The van der Waals surface area contributed by atoms with Crippen LogP contribution in [0.2, 0.25) is 0 Å². The van der Waals surface area contributed by atoms with E-state index in [-0.39, 0.29) is 11.6 Å². The summed E-state index contributed by atoms with van der Waals surface area (Å²) in [4.78, 5) is 12.0. The number of carboxylic acids is 1. The van der Waals surface area contributed by atoms with E-state index < -0.39 is 5.97 Å². The second-order valence-electron chi connectivity index (χ2n) is 5.82. The Balaban J connectivity index is 1.82. The average Bonchev–Trinajstić information content (AvgIpc) is 3.29. The van der Waals surface area contributed by atoms with Crippen molar-refractivity contribution in [2.45, 2.75) is 24.4 Å². The number of aliphatic carboxylic acids is 1. The molecule has 0 atom stereocenters. The maximum absolute atomic E-state index is 13.3. The van der Waals surface area contributed by atoms with Crippen molar-refractivity contribution in [2.75, 3.05) is 5.75 Å². The van der Waals surface area contributed by atoms with Crippen LogP contribution >= 0.6 is 39.0 Å². The molecule has 9 heteroatoms. The van der Waals surface area contributed by atoms with Gasteiger partial charge in [0, 0.05) is 4.88 Å². The lowest BCUT2D eigenvalue weighted by atomic mass is 10.1. The van der Waals surface area contributed by atoms with Gasteiger partial charge < -0.3 is 5.11 Å². The van der Waals surface area contributed by atoms with Gasteiger partial charge in [0.05, 0.1) is 5.75 Å². The number of benzene rings is 1. The first-order valence-corrected chi connectivity index (χ1v) is 10.5. The highest BCUT2D eigenvalue weighted by Crippen LogP contribution is 2.45. The third-order valence-electron chi connectivity index (χ3n) is 4.18. The summed E-state index contributed by atoms with van der Waals surface area (Å²) in [7, 11) is 0. The molecule has 0 radical (unpaired) electrons. The molecule has 134 valence electrons. The van der Waals surface area contributed by atoms with Gasteiger partial charge in [-0.3, -0.25) is 9.36 Å². The van der Waals surface area contributed by atoms with E-state index in [9.17, 15) is 9.18 Å². The topological polar surface area (TPSA) is 68.0 Å². The van der Waals surface area contributed by atoms with Gasteiger partial charge in [-0.1, -0.05) is 23.9 Å². The Kier molecular flexibility index (Phi) is 4.85. The van der Waals surface area contributed by atoms with E-state index in [1.54, 1.807) is 23.5 Å². The van der Waals surface area contributed by atoms with Crippen molar-refractivity contribution in [3.63, 3.8) is 0 Å². The maximum Gasteiger partial charge on any atom is 0.313 e. The molecule has 0 saturated carbocycles. The molecule has 4 rings (SSSR count). The van der Waals surface area contributed by atoms with Gasteiger partial charge in [-0.15, -0.1) is 21.5 Å². The van der Waals surface area contributed by atoms with Crippen molar-refractivity contribution >= 4 is 45.0 Å². The van der Waals surface area contributed by atoms with Gasteiger partial charge in [-0.2, -0.15) is 0 Å². The van der Waals surface area contributed by atoms with Gasteiger partial charge in [0.1, 0.15) is 10.8 Å². The third kappa shape index (κ3) is 3.19. The summed E-state index contributed by atoms with van der Waals surface area (Å²) >= 11 is 6.18. The van der Waals surface area contributed by atoms with E-state index in [1.165, 1.54) is 23.3 Å². The first-order chi connectivity index (χ1) is 12.5. The van der Waals surface area contributed by atoms with Gasteiger partial charge in [0.2, 0.25) is 4.73 Å². The molecule has 1 aliphatic rings. The lowest BCUT2D eigenvalue weighted by molar-refractivity contribution is -0.133. The highest BCUT2D eigenvalue weighted by molar-refractivity contribution is 9.10. The van der Waals surface area contributed by atoms with Gasteiger partial charge in [0.25, 0.3) is 0 Å². The highest BCUT2D eigenvalue weighted by Gasteiger charge is 2.27. The van der Waals surface area contributed by atoms with Crippen LogP contribution in [0.3, 0.4) is 0 Å². The van der Waals surface area contributed by atoms with Crippen LogP contribution in [-0.2, 0) is 17.6 Å². The lowest BCUT2D eigenvalue weighted by Gasteiger charge is -2.06. The zero-order valence-corrected chi connectivity index (χ0v) is 16.6. The summed E-state index contributed by atoms with van der Waals surface area (Å²) < 4.78 is 15.7. The molecule has 0 unspecified atom stereocenters. The zero-order chi connectivity index (χ0) is 18.3. The fraction of sp³-hybridized carbons (Fsp3) is 0.235. The molecule has 2 aromatic heterocycles. The molecule has 1 aliphatic carbocycles. The minimum atomic E-state index is -0.899. The number of thiophene rings is 1. The zero-order valence-electron chi connectivity index (χ0n) is 13.4. The first kappa shape index (κ1) is 17.7. The van der Waals surface area contributed by atoms with Crippen molar-refractivity contribution in [2.24, 2.45) is 0 Å². The average molecular weight is 454 g/mol. The van der Waals surface area contributed by atoms with Gasteiger partial charge in [0.15, 0.2) is 5.16 Å². The summed E-state index contributed by atoms with van der Waals surface area (Å²) in [6.45, 7) is 0. The van der Waals surface area contributed by atoms with Crippen molar-refractivity contribution in [1.82, 2.24) is 14.8 Å². The number of halogens is 2. The predicted octanol–water partition coefficient (Wildman–Crippen LogP) is 4.56. The minimum absolute atomic E-state index is 0.0798. The Bertz CT molecular complexity index is 985. The lowest BCUT2D eigenvalue weighted by Crippen LogP contribution is -2.02. The second-order valence-corrected chi connectivity index (χ2v) is 8.47. The van der Waals surface area contributed by atoms with Gasteiger partial charge >= 0.3 is 5.97 Å². The molecule has 26 heavy (non-hydrogen) atoms. The number of thioether (sulfide) groups is 1. The Morgan fingerprint density at radius 3 is 2.73 bits per heavy atom. The van der Waals surface area contributed by atoms with Gasteiger partial charge in [-0.05, 0) is 64.0 Å². The molecule has 0 saturated heterocycles. The van der Waals surface area contributed by atoms with E-state index in [1.807, 2.05) is 4.57 Å². The molecule has 0 fully saturated rings. The molecule has 0 amide bonds. The molecule has 0 bridgehead atoms. The van der Waals surface area contributed by atoms with Crippen molar-refractivity contribution in [1.29, 1.82) is 0 Å². The summed E-state index contributed by atoms with van der Waals surface area (Å²) in [5, 5.41) is 18.7. The van der Waals surface area contributed by atoms with Crippen LogP contribution in [0, 0.1) is 5.82 Å². The van der Waals surface area contributed by atoms with Crippen LogP contribution in [0.15, 0.2) is 34.2 Å². The molecular formula is C17H13BrFN3O2S2. The number of rotatable bonds is 5. The Morgan fingerprint density at radius 2 is 2.00 bits per heavy atom. The molecule has 1 aromatic carbocycles. The molecule has 5 nitrogen and oxygen atoms in total. The molecule has 0 spiro atoms. The standard InChI is InChI=1S/C17H13BrFN3O2S2/c18-16-20-21-17(25-8-13(23)24)22(16)15-12-3-1-2-11(12)14(26-15)9-4-6-10(19)7-5-9/h4-7H,1-3,8H2,(H,23,24). The smallest absolute Gasteiger partial charge is 0.313 e. The van der Waals surface area contributed by atoms with Crippen LogP contribution in [0.1, 0.15) is 17.5 Å². The van der Waals surface area contributed by atoms with Crippen LogP contribution in [0.25, 0.3) is 15.4 Å². The monoisotopic (exact) mass is 453 g/mol. The SMILES string of the molecule is O=C(O)CSc1nnc(Br)n1-c1sc(-c2ccc(F)cc2)c2c1CCC2. The fourth-order valence-electron chi connectivity index (χ4n) is 3.11. The number of nitrogens with zero attached hydrogens (tertiary/aromatic N) is 3. The third-order valence-corrected chi connectivity index (χ3v) is 6.91. The largest absolute Gasteiger partial charge is 0.481 e. The molecule has 0 aliphatic heterocycles. The Labute approximate surface area is 165 Å². The number of aromatic nitrogens is 3. The van der Waals surface area contributed by atoms with E-state index >= 15 is 0 Å². The number of fused-ring (bicyclic) bond motifs is 1. The molecule has 3 aromatic rings. The summed E-state index contributed by atoms with van der Waals surface area (Å²) in [5.74, 6) is -1.23. The maximum atomic E-state index is 13.3. The second kappa shape index (κ2) is 7.13. The van der Waals surface area contributed by atoms with Crippen LogP contribution in [0.5, 0.6) is 0 Å². The quantitative estimate of drug-likeness (QED) is 0.573. The Morgan fingerprint density at radius 1 is 1.27 bits per heavy atom. The van der Waals surface area contributed by atoms with Gasteiger partial charge in [-0.25, -0.2) is 4.39 Å². The van der Waals surface area contributed by atoms with Crippen molar-refractivity contribution in [3.8, 4) is 15.4 Å². The van der Waals surface area contributed by atoms with E-state index in [4.69, 9.17) is 5.11 Å². The minimum Gasteiger partial charge on any atom is -0.481 e. The number of hydrogen-bond acceptors (Lipinski definition) is 5. The van der Waals surface area contributed by atoms with Crippen molar-refractivity contribution in [3.05, 3.63) is 45.9 Å². The fourth-order valence-corrected chi connectivity index (χ4v) is 5.89.